The van der Waals surface area contributed by atoms with Crippen LogP contribution in [0.2, 0.25) is 0 Å². The van der Waals surface area contributed by atoms with E-state index in [9.17, 15) is 0 Å². The Bertz CT molecular complexity index is 400. The van der Waals surface area contributed by atoms with Crippen molar-refractivity contribution in [2.24, 2.45) is 11.7 Å². The summed E-state index contributed by atoms with van der Waals surface area (Å²) in [5, 5.41) is 4.04. The lowest BCUT2D eigenvalue weighted by Gasteiger charge is -2.34. The fourth-order valence-corrected chi connectivity index (χ4v) is 2.64. The number of aromatic nitrogens is 2. The van der Waals surface area contributed by atoms with Crippen LogP contribution in [0, 0.1) is 5.92 Å². The third kappa shape index (κ3) is 3.77. The van der Waals surface area contributed by atoms with Crippen LogP contribution in [0.3, 0.4) is 0 Å². The third-order valence-corrected chi connectivity index (χ3v) is 4.15. The molecule has 1 aromatic heterocycles. The minimum absolute atomic E-state index is 0.310. The first-order valence-electron chi connectivity index (χ1n) is 7.36. The molecule has 2 N–H and O–H groups in total. The topological polar surface area (TPSA) is 83.4 Å². The second-order valence-electron chi connectivity index (χ2n) is 5.56. The highest BCUT2D eigenvalue weighted by Crippen LogP contribution is 2.37. The Morgan fingerprint density at radius 3 is 2.75 bits per heavy atom. The van der Waals surface area contributed by atoms with Gasteiger partial charge in [-0.05, 0) is 31.6 Å². The molecule has 0 atom stereocenters. The molecule has 1 saturated carbocycles. The van der Waals surface area contributed by atoms with Crippen LogP contribution in [0.5, 0.6) is 0 Å². The van der Waals surface area contributed by atoms with E-state index in [1.807, 2.05) is 0 Å². The van der Waals surface area contributed by atoms with Crippen LogP contribution in [0.25, 0.3) is 0 Å². The summed E-state index contributed by atoms with van der Waals surface area (Å²) < 4.78 is 15.5. The normalized spacial score (nSPS) is 26.9. The van der Waals surface area contributed by atoms with Crippen LogP contribution in [-0.2, 0) is 21.6 Å². The molecule has 1 aliphatic carbocycles. The Morgan fingerprint density at radius 2 is 2.10 bits per heavy atom. The van der Waals surface area contributed by atoms with Gasteiger partial charge in [-0.1, -0.05) is 18.5 Å². The lowest BCUT2D eigenvalue weighted by Crippen LogP contribution is -2.41. The molecule has 2 rings (SSSR count). The van der Waals surface area contributed by atoms with E-state index < -0.39 is 5.54 Å². The van der Waals surface area contributed by atoms with Crippen LogP contribution in [0.1, 0.15) is 50.7 Å². The van der Waals surface area contributed by atoms with E-state index in [4.69, 9.17) is 19.7 Å². The molecule has 20 heavy (non-hydrogen) atoms. The average Bonchev–Trinajstić information content (AvgIpc) is 2.94. The summed E-state index contributed by atoms with van der Waals surface area (Å²) in [4.78, 5) is 4.39. The molecule has 1 fully saturated rings. The number of hydrogen-bond donors (Lipinski definition) is 1. The van der Waals surface area contributed by atoms with Gasteiger partial charge in [-0.15, -0.1) is 0 Å². The molecule has 0 amide bonds. The maximum atomic E-state index is 6.44. The van der Waals surface area contributed by atoms with Gasteiger partial charge >= 0.3 is 0 Å². The Labute approximate surface area is 120 Å². The van der Waals surface area contributed by atoms with Crippen LogP contribution >= 0.6 is 0 Å². The maximum absolute atomic E-state index is 6.44. The second kappa shape index (κ2) is 7.15. The van der Waals surface area contributed by atoms with E-state index in [-0.39, 0.29) is 0 Å². The van der Waals surface area contributed by atoms with E-state index in [1.54, 1.807) is 7.11 Å². The highest BCUT2D eigenvalue weighted by atomic mass is 16.5. The number of rotatable bonds is 7. The molecule has 114 valence electrons. The smallest absolute Gasteiger partial charge is 0.252 e. The SMILES string of the molecule is CCC1CCC(N)(c2noc(COCCOC)n2)CC1. The largest absolute Gasteiger partial charge is 0.382 e. The van der Waals surface area contributed by atoms with E-state index in [0.29, 0.717) is 31.5 Å². The van der Waals surface area contributed by atoms with Crippen molar-refractivity contribution in [3.63, 3.8) is 0 Å². The Morgan fingerprint density at radius 1 is 1.35 bits per heavy atom. The number of hydrogen-bond acceptors (Lipinski definition) is 6. The molecular formula is C14H25N3O3. The van der Waals surface area contributed by atoms with Crippen molar-refractivity contribution < 1.29 is 14.0 Å². The van der Waals surface area contributed by atoms with E-state index in [1.165, 1.54) is 6.42 Å². The van der Waals surface area contributed by atoms with Gasteiger partial charge < -0.3 is 19.7 Å². The number of methoxy groups -OCH3 is 1. The first kappa shape index (κ1) is 15.4. The summed E-state index contributed by atoms with van der Waals surface area (Å²) in [6.07, 6.45) is 5.35. The molecule has 1 aliphatic rings. The van der Waals surface area contributed by atoms with E-state index >= 15 is 0 Å². The van der Waals surface area contributed by atoms with Gasteiger partial charge in [0, 0.05) is 7.11 Å². The van der Waals surface area contributed by atoms with Gasteiger partial charge in [0.15, 0.2) is 5.82 Å². The van der Waals surface area contributed by atoms with Crippen LogP contribution in [-0.4, -0.2) is 30.5 Å². The Kier molecular flexibility index (Phi) is 5.51. The van der Waals surface area contributed by atoms with Gasteiger partial charge in [-0.25, -0.2) is 0 Å². The molecule has 0 unspecified atom stereocenters. The minimum Gasteiger partial charge on any atom is -0.382 e. The maximum Gasteiger partial charge on any atom is 0.252 e. The lowest BCUT2D eigenvalue weighted by molar-refractivity contribution is 0.0494. The quantitative estimate of drug-likeness (QED) is 0.770. The second-order valence-corrected chi connectivity index (χ2v) is 5.56. The molecule has 0 aromatic carbocycles. The van der Waals surface area contributed by atoms with Gasteiger partial charge in [-0.2, -0.15) is 4.98 Å². The van der Waals surface area contributed by atoms with Crippen molar-refractivity contribution in [1.82, 2.24) is 10.1 Å². The molecule has 0 bridgehead atoms. The van der Waals surface area contributed by atoms with Crippen molar-refractivity contribution in [2.45, 2.75) is 51.2 Å². The average molecular weight is 283 g/mol. The van der Waals surface area contributed by atoms with Crippen LogP contribution in [0.4, 0.5) is 0 Å². The molecule has 0 saturated heterocycles. The third-order valence-electron chi connectivity index (χ3n) is 4.15. The van der Waals surface area contributed by atoms with Gasteiger partial charge in [0.2, 0.25) is 0 Å². The van der Waals surface area contributed by atoms with Crippen molar-refractivity contribution in [3.8, 4) is 0 Å². The molecule has 0 spiro atoms. The fraction of sp³-hybridized carbons (Fsp3) is 0.857. The van der Waals surface area contributed by atoms with E-state index in [0.717, 1.165) is 31.6 Å². The van der Waals surface area contributed by atoms with Gasteiger partial charge in [-0.3, -0.25) is 0 Å². The summed E-state index contributed by atoms with van der Waals surface area (Å²) in [7, 11) is 1.64. The van der Waals surface area contributed by atoms with Gasteiger partial charge in [0.1, 0.15) is 6.61 Å². The van der Waals surface area contributed by atoms with Crippen molar-refractivity contribution in [3.05, 3.63) is 11.7 Å². The van der Waals surface area contributed by atoms with Crippen molar-refractivity contribution in [2.75, 3.05) is 20.3 Å². The first-order chi connectivity index (χ1) is 9.68. The molecule has 1 aromatic rings. The van der Waals surface area contributed by atoms with Crippen molar-refractivity contribution in [1.29, 1.82) is 0 Å². The summed E-state index contributed by atoms with van der Waals surface area (Å²) in [5.74, 6) is 1.89. The standard InChI is InChI=1S/C14H25N3O3/c1-3-11-4-6-14(15,7-5-11)13-16-12(20-17-13)10-19-9-8-18-2/h11H,3-10,15H2,1-2H3. The monoisotopic (exact) mass is 283 g/mol. The van der Waals surface area contributed by atoms with Crippen molar-refractivity contribution >= 4 is 0 Å². The summed E-state index contributed by atoms with van der Waals surface area (Å²) in [5.41, 5.74) is 6.01. The number of nitrogens with zero attached hydrogens (tertiary/aromatic N) is 2. The summed E-state index contributed by atoms with van der Waals surface area (Å²) in [6.45, 7) is 3.61. The molecular weight excluding hydrogens is 258 g/mol. The van der Waals surface area contributed by atoms with Gasteiger partial charge in [0.05, 0.1) is 18.8 Å². The van der Waals surface area contributed by atoms with E-state index in [2.05, 4.69) is 17.1 Å². The molecule has 1 heterocycles. The highest BCUT2D eigenvalue weighted by molar-refractivity contribution is 5.05. The lowest BCUT2D eigenvalue weighted by atomic mass is 9.76. The molecule has 0 aliphatic heterocycles. The molecule has 6 heteroatoms. The van der Waals surface area contributed by atoms with Crippen LogP contribution < -0.4 is 5.73 Å². The van der Waals surface area contributed by atoms with Crippen LogP contribution in [0.15, 0.2) is 4.52 Å². The highest BCUT2D eigenvalue weighted by Gasteiger charge is 2.36. The molecule has 0 radical (unpaired) electrons. The summed E-state index contributed by atoms with van der Waals surface area (Å²) in [6, 6.07) is 0. The number of ether oxygens (including phenoxy) is 2. The zero-order valence-electron chi connectivity index (χ0n) is 12.4. The van der Waals surface area contributed by atoms with Gasteiger partial charge in [0.25, 0.3) is 5.89 Å². The predicted molar refractivity (Wildman–Crippen MR) is 73.9 cm³/mol. The fourth-order valence-electron chi connectivity index (χ4n) is 2.64. The first-order valence-corrected chi connectivity index (χ1v) is 7.36. The predicted octanol–water partition coefficient (Wildman–Crippen LogP) is 1.99. The zero-order valence-corrected chi connectivity index (χ0v) is 12.4. The minimum atomic E-state index is -0.431. The summed E-state index contributed by atoms with van der Waals surface area (Å²) >= 11 is 0. The Balaban J connectivity index is 1.88. The molecule has 6 nitrogen and oxygen atoms in total. The zero-order chi connectivity index (χ0) is 14.4. The Hall–Kier alpha value is -0.980. The number of nitrogens with two attached hydrogens (primary N) is 1.